The number of fused-ring (bicyclic) bond motifs is 3. The molecular formula is C32H36N4O8. The molecule has 0 aromatic heterocycles. The fourth-order valence-electron chi connectivity index (χ4n) is 6.81. The lowest BCUT2D eigenvalue weighted by Gasteiger charge is -2.50. The van der Waals surface area contributed by atoms with Gasteiger partial charge in [-0.15, -0.1) is 0 Å². The molecule has 7 N–H and O–H groups in total. The summed E-state index contributed by atoms with van der Waals surface area (Å²) < 4.78 is 0. The van der Waals surface area contributed by atoms with Crippen LogP contribution in [0.15, 0.2) is 53.3 Å². The van der Waals surface area contributed by atoms with Crippen molar-refractivity contribution in [3.05, 3.63) is 70.0 Å². The number of primary amides is 1. The van der Waals surface area contributed by atoms with E-state index in [2.05, 4.69) is 5.32 Å². The average molecular weight is 605 g/mol. The van der Waals surface area contributed by atoms with Gasteiger partial charge >= 0.3 is 0 Å². The second-order valence-corrected chi connectivity index (χ2v) is 12.1. The first-order valence-corrected chi connectivity index (χ1v) is 14.2. The van der Waals surface area contributed by atoms with E-state index in [1.165, 1.54) is 11.0 Å². The lowest BCUT2D eigenvalue weighted by molar-refractivity contribution is -0.153. The molecule has 0 aliphatic heterocycles. The molecule has 4 atom stereocenters. The SMILES string of the molecule is CN(C)CCNC(=O)c1ccc(-c2ccc(O)c3c2C[C@H]2C[C@H]4C(N(C)C)C(=O)C(C(N)=O)=C(O)[C@@]4(O)C(=O)C2=C3O)cc1. The number of nitrogens with one attached hydrogen (secondary N) is 1. The zero-order valence-electron chi connectivity index (χ0n) is 24.9. The number of amides is 2. The molecular weight excluding hydrogens is 568 g/mol. The van der Waals surface area contributed by atoms with Crippen LogP contribution in [0.2, 0.25) is 0 Å². The molecule has 0 bridgehead atoms. The van der Waals surface area contributed by atoms with Gasteiger partial charge in [-0.1, -0.05) is 18.2 Å². The molecule has 1 saturated carbocycles. The molecule has 3 aliphatic rings. The van der Waals surface area contributed by atoms with Crippen molar-refractivity contribution < 1.29 is 39.6 Å². The Bertz CT molecular complexity index is 1640. The number of nitrogens with two attached hydrogens (primary N) is 1. The third-order valence-corrected chi connectivity index (χ3v) is 8.91. The lowest BCUT2D eigenvalue weighted by atomic mass is 9.57. The highest BCUT2D eigenvalue weighted by molar-refractivity contribution is 6.24. The third kappa shape index (κ3) is 4.75. The zero-order valence-corrected chi connectivity index (χ0v) is 24.9. The van der Waals surface area contributed by atoms with Crippen molar-refractivity contribution in [1.82, 2.24) is 15.1 Å². The smallest absolute Gasteiger partial charge is 0.255 e. The number of Topliss-reactive ketones (excluding diaryl/α,β-unsaturated/α-hetero) is 2. The van der Waals surface area contributed by atoms with Gasteiger partial charge in [0.1, 0.15) is 22.8 Å². The van der Waals surface area contributed by atoms with Gasteiger partial charge in [0.05, 0.1) is 11.6 Å². The number of carbonyl (C=O) groups is 4. The van der Waals surface area contributed by atoms with Crippen molar-refractivity contribution in [2.45, 2.75) is 24.5 Å². The van der Waals surface area contributed by atoms with Gasteiger partial charge in [0.15, 0.2) is 11.4 Å². The number of aliphatic hydroxyl groups is 3. The Morgan fingerprint density at radius 2 is 1.68 bits per heavy atom. The largest absolute Gasteiger partial charge is 0.508 e. The molecule has 0 radical (unpaired) electrons. The van der Waals surface area contributed by atoms with Crippen LogP contribution < -0.4 is 11.1 Å². The Labute approximate surface area is 254 Å². The number of hydrogen-bond donors (Lipinski definition) is 6. The van der Waals surface area contributed by atoms with E-state index in [9.17, 15) is 39.6 Å². The summed E-state index contributed by atoms with van der Waals surface area (Å²) in [6.07, 6.45) is 0.151. The first-order chi connectivity index (χ1) is 20.7. The number of nitrogens with zero attached hydrogens (tertiary/aromatic N) is 2. The quantitative estimate of drug-likeness (QED) is 0.248. The molecule has 2 amide bonds. The second-order valence-electron chi connectivity index (χ2n) is 12.1. The normalized spacial score (nSPS) is 24.8. The van der Waals surface area contributed by atoms with Crippen molar-refractivity contribution in [2.75, 3.05) is 41.3 Å². The molecule has 1 fully saturated rings. The Kier molecular flexibility index (Phi) is 7.87. The summed E-state index contributed by atoms with van der Waals surface area (Å²) in [4.78, 5) is 55.4. The van der Waals surface area contributed by atoms with Crippen LogP contribution in [-0.4, -0.2) is 107 Å². The van der Waals surface area contributed by atoms with Gasteiger partial charge in [-0.05, 0) is 81.8 Å². The third-order valence-electron chi connectivity index (χ3n) is 8.91. The lowest BCUT2D eigenvalue weighted by Crippen LogP contribution is -2.65. The standard InChI is InChI=1S/C32H36N4O8/c1-35(2)12-11-34-31(43)16-7-5-15(6-8-16)18-9-10-21(37)23-19(18)13-17-14-20-25(36(3)4)27(39)24(30(33)42)29(41)32(20,44)28(40)22(17)26(23)38/h5-10,17,20,25,37-38,41,44H,11-14H2,1-4H3,(H2,33,42)(H,34,43)/t17-,20-,25?,32-/m0/s1. The van der Waals surface area contributed by atoms with E-state index >= 15 is 0 Å². The van der Waals surface area contributed by atoms with E-state index in [-0.39, 0.29) is 35.6 Å². The van der Waals surface area contributed by atoms with Gasteiger partial charge in [-0.25, -0.2) is 0 Å². The van der Waals surface area contributed by atoms with E-state index < -0.39 is 58.0 Å². The first kappa shape index (κ1) is 30.9. The maximum atomic E-state index is 14.0. The van der Waals surface area contributed by atoms with Crippen molar-refractivity contribution >= 4 is 29.1 Å². The zero-order chi connectivity index (χ0) is 32.2. The number of hydrogen-bond acceptors (Lipinski definition) is 10. The summed E-state index contributed by atoms with van der Waals surface area (Å²) in [5.41, 5.74) is 3.97. The highest BCUT2D eigenvalue weighted by Crippen LogP contribution is 2.53. The predicted octanol–water partition coefficient (Wildman–Crippen LogP) is 0.922. The number of aliphatic hydroxyl groups excluding tert-OH is 2. The Hall–Kier alpha value is -4.52. The molecule has 1 unspecified atom stereocenters. The van der Waals surface area contributed by atoms with Crippen molar-refractivity contribution in [3.63, 3.8) is 0 Å². The van der Waals surface area contributed by atoms with Crippen LogP contribution in [-0.2, 0) is 20.8 Å². The number of rotatable bonds is 7. The highest BCUT2D eigenvalue weighted by Gasteiger charge is 2.64. The van der Waals surface area contributed by atoms with E-state index in [4.69, 9.17) is 5.73 Å². The monoisotopic (exact) mass is 604 g/mol. The fraction of sp³-hybridized carbons (Fsp3) is 0.375. The summed E-state index contributed by atoms with van der Waals surface area (Å²) in [6.45, 7) is 1.18. The number of carbonyl (C=O) groups excluding carboxylic acids is 4. The van der Waals surface area contributed by atoms with Gasteiger partial charge in [0.2, 0.25) is 5.78 Å². The van der Waals surface area contributed by atoms with Crippen LogP contribution in [0.25, 0.3) is 16.9 Å². The molecule has 0 spiro atoms. The van der Waals surface area contributed by atoms with Crippen LogP contribution in [0.1, 0.15) is 27.9 Å². The number of aromatic hydroxyl groups is 1. The van der Waals surface area contributed by atoms with Crippen LogP contribution in [0.4, 0.5) is 0 Å². The molecule has 0 heterocycles. The summed E-state index contributed by atoms with van der Waals surface area (Å²) >= 11 is 0. The fourth-order valence-corrected chi connectivity index (χ4v) is 6.81. The van der Waals surface area contributed by atoms with Crippen molar-refractivity contribution in [2.24, 2.45) is 17.6 Å². The first-order valence-electron chi connectivity index (χ1n) is 14.2. The van der Waals surface area contributed by atoms with E-state index in [1.54, 1.807) is 44.4 Å². The van der Waals surface area contributed by atoms with Crippen LogP contribution in [0.5, 0.6) is 5.75 Å². The molecule has 12 heteroatoms. The molecule has 2 aromatic rings. The molecule has 5 rings (SSSR count). The highest BCUT2D eigenvalue weighted by atomic mass is 16.3. The van der Waals surface area contributed by atoms with E-state index in [1.807, 2.05) is 19.0 Å². The number of benzene rings is 2. The summed E-state index contributed by atoms with van der Waals surface area (Å²) in [5.74, 6) is -7.21. The van der Waals surface area contributed by atoms with Crippen LogP contribution in [0, 0.1) is 11.8 Å². The molecule has 2 aromatic carbocycles. The van der Waals surface area contributed by atoms with Gasteiger partial charge in [0, 0.05) is 30.1 Å². The topological polar surface area (TPSA) is 194 Å². The molecule has 3 aliphatic carbocycles. The van der Waals surface area contributed by atoms with Gasteiger partial charge in [-0.2, -0.15) is 0 Å². The summed E-state index contributed by atoms with van der Waals surface area (Å²) in [6, 6.07) is 8.76. The number of likely N-dealkylation sites (N-methyl/N-ethyl adjacent to an activating group) is 2. The summed E-state index contributed by atoms with van der Waals surface area (Å²) in [7, 11) is 6.93. The Balaban J connectivity index is 1.58. The maximum absolute atomic E-state index is 14.0. The van der Waals surface area contributed by atoms with Crippen LogP contribution in [0.3, 0.4) is 0 Å². The summed E-state index contributed by atoms with van der Waals surface area (Å²) in [5, 5.41) is 47.9. The van der Waals surface area contributed by atoms with Crippen molar-refractivity contribution in [3.8, 4) is 16.9 Å². The minimum atomic E-state index is -2.69. The number of phenols is 1. The second kappa shape index (κ2) is 11.2. The Morgan fingerprint density at radius 3 is 2.27 bits per heavy atom. The van der Waals surface area contributed by atoms with Crippen molar-refractivity contribution in [1.29, 1.82) is 0 Å². The number of ketones is 2. The predicted molar refractivity (Wildman–Crippen MR) is 161 cm³/mol. The average Bonchev–Trinajstić information content (AvgIpc) is 2.94. The Morgan fingerprint density at radius 1 is 1.02 bits per heavy atom. The van der Waals surface area contributed by atoms with E-state index in [0.29, 0.717) is 35.3 Å². The van der Waals surface area contributed by atoms with E-state index in [0.717, 1.165) is 0 Å². The molecule has 12 nitrogen and oxygen atoms in total. The maximum Gasteiger partial charge on any atom is 0.255 e. The minimum absolute atomic E-state index is 0.00398. The molecule has 232 valence electrons. The minimum Gasteiger partial charge on any atom is -0.508 e. The van der Waals surface area contributed by atoms with Gasteiger partial charge in [0.25, 0.3) is 11.8 Å². The van der Waals surface area contributed by atoms with Gasteiger partial charge < -0.3 is 36.4 Å². The molecule has 0 saturated heterocycles. The van der Waals surface area contributed by atoms with Gasteiger partial charge in [-0.3, -0.25) is 24.1 Å². The molecule has 44 heavy (non-hydrogen) atoms. The van der Waals surface area contributed by atoms with Crippen LogP contribution >= 0.6 is 0 Å². The number of phenolic OH excluding ortho intramolecular Hbond substituents is 1.